The lowest BCUT2D eigenvalue weighted by Gasteiger charge is -2.17. The molecule has 4 nitrogen and oxygen atoms in total. The normalized spacial score (nSPS) is 9.94. The second-order valence-electron chi connectivity index (χ2n) is 3.82. The monoisotopic (exact) mass is 235 g/mol. The lowest BCUT2D eigenvalue weighted by molar-refractivity contribution is -0.137. The third-order valence-electron chi connectivity index (χ3n) is 2.59. The highest BCUT2D eigenvalue weighted by Gasteiger charge is 2.06. The lowest BCUT2D eigenvalue weighted by atomic mass is 10.1. The molecule has 1 aromatic rings. The number of carboxylic acid groups (broad SMARTS) is 1. The Morgan fingerprint density at radius 1 is 1.35 bits per heavy atom. The highest BCUT2D eigenvalue weighted by Crippen LogP contribution is 2.14. The summed E-state index contributed by atoms with van der Waals surface area (Å²) in [7, 11) is 0. The van der Waals surface area contributed by atoms with Gasteiger partial charge in [-0.15, -0.1) is 0 Å². The quantitative estimate of drug-likeness (QED) is 0.736. The van der Waals surface area contributed by atoms with Crippen molar-refractivity contribution in [3.63, 3.8) is 0 Å². The van der Waals surface area contributed by atoms with Crippen molar-refractivity contribution in [2.75, 3.05) is 11.4 Å². The van der Waals surface area contributed by atoms with E-state index in [1.54, 1.807) is 0 Å². The topological polar surface area (TPSA) is 57.6 Å². The molecule has 0 radical (unpaired) electrons. The number of nitrogens with zero attached hydrogens (tertiary/aromatic N) is 1. The van der Waals surface area contributed by atoms with E-state index < -0.39 is 5.97 Å². The molecule has 0 atom stereocenters. The zero-order valence-electron chi connectivity index (χ0n) is 9.93. The number of carbonyl (C=O) groups is 2. The molecular formula is C13H17NO3. The number of hydrogen-bond donors (Lipinski definition) is 1. The summed E-state index contributed by atoms with van der Waals surface area (Å²) in [5.41, 5.74) is 2.02. The molecule has 0 aliphatic heterocycles. The van der Waals surface area contributed by atoms with E-state index >= 15 is 0 Å². The third-order valence-corrected chi connectivity index (χ3v) is 2.59. The summed E-state index contributed by atoms with van der Waals surface area (Å²) in [6.07, 6.45) is 2.24. The first-order chi connectivity index (χ1) is 8.17. The molecule has 1 amide bonds. The molecule has 0 saturated carbocycles. The summed E-state index contributed by atoms with van der Waals surface area (Å²) in [6, 6.07) is 7.72. The molecule has 1 aromatic carbocycles. The molecule has 0 bridgehead atoms. The Morgan fingerprint density at radius 2 is 2.00 bits per heavy atom. The molecule has 0 unspecified atom stereocenters. The van der Waals surface area contributed by atoms with Crippen LogP contribution in [0.15, 0.2) is 24.3 Å². The summed E-state index contributed by atoms with van der Waals surface area (Å²) in [6.45, 7) is 2.50. The van der Waals surface area contributed by atoms with E-state index in [1.807, 2.05) is 24.3 Å². The zero-order valence-corrected chi connectivity index (χ0v) is 9.93. The van der Waals surface area contributed by atoms with Crippen LogP contribution in [0.5, 0.6) is 0 Å². The number of rotatable bonds is 7. The van der Waals surface area contributed by atoms with Gasteiger partial charge in [-0.1, -0.05) is 19.1 Å². The minimum absolute atomic E-state index is 0.0807. The van der Waals surface area contributed by atoms with Crippen LogP contribution in [0.25, 0.3) is 0 Å². The van der Waals surface area contributed by atoms with Crippen LogP contribution in [-0.4, -0.2) is 24.0 Å². The molecule has 4 heteroatoms. The fourth-order valence-corrected chi connectivity index (χ4v) is 1.57. The van der Waals surface area contributed by atoms with E-state index in [2.05, 4.69) is 6.92 Å². The molecule has 0 heterocycles. The SMILES string of the molecule is CCc1ccc(N(C=O)CCCC(=O)O)cc1. The van der Waals surface area contributed by atoms with E-state index in [0.29, 0.717) is 13.0 Å². The first kappa shape index (κ1) is 13.2. The number of carboxylic acids is 1. The number of hydrogen-bond acceptors (Lipinski definition) is 2. The van der Waals surface area contributed by atoms with Crippen LogP contribution in [-0.2, 0) is 16.0 Å². The summed E-state index contributed by atoms with van der Waals surface area (Å²) < 4.78 is 0. The maximum Gasteiger partial charge on any atom is 0.303 e. The Bertz CT molecular complexity index is 373. The van der Waals surface area contributed by atoms with Gasteiger partial charge in [0.2, 0.25) is 6.41 Å². The maximum absolute atomic E-state index is 10.9. The fourth-order valence-electron chi connectivity index (χ4n) is 1.57. The van der Waals surface area contributed by atoms with E-state index in [0.717, 1.165) is 18.5 Å². The molecule has 0 fully saturated rings. The summed E-state index contributed by atoms with van der Waals surface area (Å²) in [5, 5.41) is 8.53. The van der Waals surface area contributed by atoms with Gasteiger partial charge >= 0.3 is 5.97 Å². The summed E-state index contributed by atoms with van der Waals surface area (Å²) >= 11 is 0. The van der Waals surface area contributed by atoms with Crippen LogP contribution in [0.2, 0.25) is 0 Å². The van der Waals surface area contributed by atoms with Crippen LogP contribution in [0.4, 0.5) is 5.69 Å². The van der Waals surface area contributed by atoms with Crippen LogP contribution >= 0.6 is 0 Å². The van der Waals surface area contributed by atoms with Crippen molar-refractivity contribution >= 4 is 18.1 Å². The maximum atomic E-state index is 10.9. The van der Waals surface area contributed by atoms with Gasteiger partial charge in [-0.3, -0.25) is 9.59 Å². The molecule has 0 aromatic heterocycles. The largest absolute Gasteiger partial charge is 0.481 e. The minimum Gasteiger partial charge on any atom is -0.481 e. The van der Waals surface area contributed by atoms with Gasteiger partial charge in [0.15, 0.2) is 0 Å². The van der Waals surface area contributed by atoms with Crippen molar-refractivity contribution in [2.24, 2.45) is 0 Å². The van der Waals surface area contributed by atoms with Crippen LogP contribution < -0.4 is 4.90 Å². The van der Waals surface area contributed by atoms with E-state index in [-0.39, 0.29) is 6.42 Å². The van der Waals surface area contributed by atoms with Crippen molar-refractivity contribution in [3.05, 3.63) is 29.8 Å². The standard InChI is InChI=1S/C13H17NO3/c1-2-11-5-7-12(8-6-11)14(10-15)9-3-4-13(16)17/h5-8,10H,2-4,9H2,1H3,(H,16,17). The molecule has 0 aliphatic rings. The van der Waals surface area contributed by atoms with Gasteiger partial charge in [-0.25, -0.2) is 0 Å². The predicted molar refractivity (Wildman–Crippen MR) is 66.1 cm³/mol. The van der Waals surface area contributed by atoms with Gasteiger partial charge in [0.05, 0.1) is 0 Å². The lowest BCUT2D eigenvalue weighted by Crippen LogP contribution is -2.22. The van der Waals surface area contributed by atoms with Gasteiger partial charge < -0.3 is 10.0 Å². The Hall–Kier alpha value is -1.84. The summed E-state index contributed by atoms with van der Waals surface area (Å²) in [5.74, 6) is -0.836. The van der Waals surface area contributed by atoms with Crippen LogP contribution in [0, 0.1) is 0 Å². The average Bonchev–Trinajstić information content (AvgIpc) is 2.34. The van der Waals surface area contributed by atoms with E-state index in [9.17, 15) is 9.59 Å². The van der Waals surface area contributed by atoms with Crippen molar-refractivity contribution in [2.45, 2.75) is 26.2 Å². The zero-order chi connectivity index (χ0) is 12.7. The number of aryl methyl sites for hydroxylation is 1. The Labute approximate surface area is 101 Å². The molecule has 0 aliphatic carbocycles. The Balaban J connectivity index is 2.59. The molecule has 92 valence electrons. The van der Waals surface area contributed by atoms with Crippen LogP contribution in [0.1, 0.15) is 25.3 Å². The first-order valence-corrected chi connectivity index (χ1v) is 5.70. The molecule has 0 spiro atoms. The minimum atomic E-state index is -0.836. The number of anilines is 1. The van der Waals surface area contributed by atoms with E-state index in [4.69, 9.17) is 5.11 Å². The number of benzene rings is 1. The van der Waals surface area contributed by atoms with Crippen molar-refractivity contribution < 1.29 is 14.7 Å². The van der Waals surface area contributed by atoms with Crippen molar-refractivity contribution in [1.82, 2.24) is 0 Å². The van der Waals surface area contributed by atoms with Crippen molar-refractivity contribution in [3.8, 4) is 0 Å². The van der Waals surface area contributed by atoms with Gasteiger partial charge in [0, 0.05) is 18.7 Å². The van der Waals surface area contributed by atoms with Gasteiger partial charge in [-0.2, -0.15) is 0 Å². The molecular weight excluding hydrogens is 218 g/mol. The third kappa shape index (κ3) is 4.26. The highest BCUT2D eigenvalue weighted by molar-refractivity contribution is 5.75. The van der Waals surface area contributed by atoms with Crippen molar-refractivity contribution in [1.29, 1.82) is 0 Å². The number of amides is 1. The second-order valence-corrected chi connectivity index (χ2v) is 3.82. The highest BCUT2D eigenvalue weighted by atomic mass is 16.4. The fraction of sp³-hybridized carbons (Fsp3) is 0.385. The molecule has 1 rings (SSSR count). The number of carbonyl (C=O) groups excluding carboxylic acids is 1. The molecule has 0 saturated heterocycles. The van der Waals surface area contributed by atoms with E-state index in [1.165, 1.54) is 10.5 Å². The van der Waals surface area contributed by atoms with Crippen LogP contribution in [0.3, 0.4) is 0 Å². The van der Waals surface area contributed by atoms with Gasteiger partial charge in [0.1, 0.15) is 0 Å². The summed E-state index contributed by atoms with van der Waals surface area (Å²) in [4.78, 5) is 22.8. The second kappa shape index (κ2) is 6.68. The Kier molecular flexibility index (Phi) is 5.20. The first-order valence-electron chi connectivity index (χ1n) is 5.70. The average molecular weight is 235 g/mol. The molecule has 17 heavy (non-hydrogen) atoms. The smallest absolute Gasteiger partial charge is 0.303 e. The van der Waals surface area contributed by atoms with Gasteiger partial charge in [-0.05, 0) is 30.5 Å². The number of aliphatic carboxylic acids is 1. The molecule has 1 N–H and O–H groups in total. The predicted octanol–water partition coefficient (Wildman–Crippen LogP) is 2.08. The Morgan fingerprint density at radius 3 is 2.47 bits per heavy atom. The van der Waals surface area contributed by atoms with Gasteiger partial charge in [0.25, 0.3) is 0 Å².